The standard InChI is InChI=1S/C18H14F3N3O2/c19-18(20,21)14-3-1-2-4-16(14)24-17(25)23-10-12-5-6-15(22-9-12)13-7-8-26-11-13/h1-9,11H,10H2,(H2,23,24,25). The Hall–Kier alpha value is -3.29. The summed E-state index contributed by atoms with van der Waals surface area (Å²) >= 11 is 0. The number of aromatic nitrogens is 1. The molecule has 8 heteroatoms. The first-order valence-electron chi connectivity index (χ1n) is 7.62. The number of pyridine rings is 1. The number of para-hydroxylation sites is 1. The number of furan rings is 1. The number of carbonyl (C=O) groups is 1. The van der Waals surface area contributed by atoms with Crippen molar-refractivity contribution in [2.45, 2.75) is 12.7 Å². The van der Waals surface area contributed by atoms with Crippen molar-refractivity contribution < 1.29 is 22.4 Å². The second-order valence-corrected chi connectivity index (χ2v) is 5.41. The normalized spacial score (nSPS) is 11.2. The number of hydrogen-bond acceptors (Lipinski definition) is 3. The molecule has 0 radical (unpaired) electrons. The SMILES string of the molecule is O=C(NCc1ccc(-c2ccoc2)nc1)Nc1ccccc1C(F)(F)F. The number of carbonyl (C=O) groups excluding carboxylic acids is 1. The van der Waals surface area contributed by atoms with Crippen LogP contribution >= 0.6 is 0 Å². The van der Waals surface area contributed by atoms with E-state index in [9.17, 15) is 18.0 Å². The summed E-state index contributed by atoms with van der Waals surface area (Å²) in [5, 5.41) is 4.72. The van der Waals surface area contributed by atoms with Crippen LogP contribution in [-0.4, -0.2) is 11.0 Å². The molecule has 0 atom stereocenters. The van der Waals surface area contributed by atoms with E-state index in [0.717, 1.165) is 11.6 Å². The molecule has 26 heavy (non-hydrogen) atoms. The number of halogens is 3. The van der Waals surface area contributed by atoms with Crippen LogP contribution in [0.5, 0.6) is 0 Å². The van der Waals surface area contributed by atoms with Gasteiger partial charge >= 0.3 is 12.2 Å². The van der Waals surface area contributed by atoms with Crippen LogP contribution in [0, 0.1) is 0 Å². The summed E-state index contributed by atoms with van der Waals surface area (Å²) in [6.07, 6.45) is 0.129. The Bertz CT molecular complexity index is 875. The van der Waals surface area contributed by atoms with E-state index in [-0.39, 0.29) is 12.2 Å². The van der Waals surface area contributed by atoms with Crippen LogP contribution < -0.4 is 10.6 Å². The van der Waals surface area contributed by atoms with E-state index in [2.05, 4.69) is 15.6 Å². The summed E-state index contributed by atoms with van der Waals surface area (Å²) in [5.41, 5.74) is 1.04. The molecule has 0 fully saturated rings. The van der Waals surface area contributed by atoms with Gasteiger partial charge in [0.2, 0.25) is 0 Å². The van der Waals surface area contributed by atoms with Crippen molar-refractivity contribution >= 4 is 11.7 Å². The van der Waals surface area contributed by atoms with Crippen LogP contribution in [0.15, 0.2) is 65.6 Å². The maximum atomic E-state index is 12.9. The minimum atomic E-state index is -4.54. The first kappa shape index (κ1) is 17.5. The lowest BCUT2D eigenvalue weighted by atomic mass is 10.1. The predicted molar refractivity (Wildman–Crippen MR) is 89.2 cm³/mol. The molecule has 2 N–H and O–H groups in total. The van der Waals surface area contributed by atoms with Crippen LogP contribution in [0.1, 0.15) is 11.1 Å². The molecule has 3 aromatic rings. The zero-order valence-electron chi connectivity index (χ0n) is 13.4. The van der Waals surface area contributed by atoms with Crippen molar-refractivity contribution in [1.29, 1.82) is 0 Å². The van der Waals surface area contributed by atoms with Crippen molar-refractivity contribution in [3.05, 3.63) is 72.3 Å². The number of rotatable bonds is 4. The van der Waals surface area contributed by atoms with Gasteiger partial charge in [0.05, 0.1) is 29.5 Å². The molecule has 1 aromatic carbocycles. The third kappa shape index (κ3) is 4.21. The molecule has 0 aliphatic carbocycles. The average Bonchev–Trinajstić information content (AvgIpc) is 3.15. The number of urea groups is 1. The second-order valence-electron chi connectivity index (χ2n) is 5.41. The first-order valence-corrected chi connectivity index (χ1v) is 7.62. The summed E-state index contributed by atoms with van der Waals surface area (Å²) in [5.74, 6) is 0. The van der Waals surface area contributed by atoms with E-state index in [1.54, 1.807) is 30.7 Å². The third-order valence-corrected chi connectivity index (χ3v) is 3.58. The molecule has 0 unspecified atom stereocenters. The van der Waals surface area contributed by atoms with Gasteiger partial charge in [-0.2, -0.15) is 13.2 Å². The fourth-order valence-electron chi connectivity index (χ4n) is 2.30. The Morgan fingerprint density at radius 3 is 2.58 bits per heavy atom. The lowest BCUT2D eigenvalue weighted by molar-refractivity contribution is -0.136. The monoisotopic (exact) mass is 361 g/mol. The van der Waals surface area contributed by atoms with E-state index in [1.165, 1.54) is 24.5 Å². The van der Waals surface area contributed by atoms with Gasteiger partial charge in [-0.3, -0.25) is 4.98 Å². The number of nitrogens with zero attached hydrogens (tertiary/aromatic N) is 1. The number of benzene rings is 1. The molecule has 2 amide bonds. The second kappa shape index (κ2) is 7.30. The summed E-state index contributed by atoms with van der Waals surface area (Å²) in [7, 11) is 0. The quantitative estimate of drug-likeness (QED) is 0.709. The fourth-order valence-corrected chi connectivity index (χ4v) is 2.30. The molecular formula is C18H14F3N3O2. The first-order chi connectivity index (χ1) is 12.4. The minimum absolute atomic E-state index is 0.124. The zero-order valence-corrected chi connectivity index (χ0v) is 13.4. The van der Waals surface area contributed by atoms with Crippen LogP contribution in [0.25, 0.3) is 11.3 Å². The highest BCUT2D eigenvalue weighted by molar-refractivity contribution is 5.90. The largest absolute Gasteiger partial charge is 0.472 e. The van der Waals surface area contributed by atoms with Gasteiger partial charge in [0.1, 0.15) is 0 Å². The highest BCUT2D eigenvalue weighted by atomic mass is 19.4. The van der Waals surface area contributed by atoms with Crippen molar-refractivity contribution in [2.24, 2.45) is 0 Å². The molecule has 5 nitrogen and oxygen atoms in total. The Morgan fingerprint density at radius 2 is 1.92 bits per heavy atom. The summed E-state index contributed by atoms with van der Waals surface area (Å²) in [4.78, 5) is 16.1. The van der Waals surface area contributed by atoms with Crippen molar-refractivity contribution in [3.8, 4) is 11.3 Å². The number of hydrogen-bond donors (Lipinski definition) is 2. The van der Waals surface area contributed by atoms with Crippen LogP contribution in [0.4, 0.5) is 23.7 Å². The van der Waals surface area contributed by atoms with Gasteiger partial charge in [0, 0.05) is 18.3 Å². The van der Waals surface area contributed by atoms with Gasteiger partial charge in [-0.1, -0.05) is 18.2 Å². The lowest BCUT2D eigenvalue weighted by Crippen LogP contribution is -2.29. The predicted octanol–water partition coefficient (Wildman–Crippen LogP) is 4.68. The van der Waals surface area contributed by atoms with Gasteiger partial charge in [0.25, 0.3) is 0 Å². The zero-order chi connectivity index (χ0) is 18.6. The molecular weight excluding hydrogens is 347 g/mol. The van der Waals surface area contributed by atoms with Gasteiger partial charge in [-0.15, -0.1) is 0 Å². The molecule has 0 saturated heterocycles. The van der Waals surface area contributed by atoms with Crippen LogP contribution in [0.3, 0.4) is 0 Å². The Labute approximate surface area is 146 Å². The van der Waals surface area contributed by atoms with Crippen molar-refractivity contribution in [2.75, 3.05) is 5.32 Å². The number of alkyl halides is 3. The maximum absolute atomic E-state index is 12.9. The van der Waals surface area contributed by atoms with E-state index >= 15 is 0 Å². The highest BCUT2D eigenvalue weighted by Gasteiger charge is 2.33. The molecule has 2 heterocycles. The number of amides is 2. The topological polar surface area (TPSA) is 67.2 Å². The molecule has 134 valence electrons. The molecule has 3 rings (SSSR count). The van der Waals surface area contributed by atoms with Gasteiger partial charge in [-0.05, 0) is 29.8 Å². The van der Waals surface area contributed by atoms with E-state index in [1.807, 2.05) is 0 Å². The third-order valence-electron chi connectivity index (χ3n) is 3.58. The lowest BCUT2D eigenvalue weighted by Gasteiger charge is -2.14. The van der Waals surface area contributed by atoms with Crippen LogP contribution in [-0.2, 0) is 12.7 Å². The summed E-state index contributed by atoms with van der Waals surface area (Å²) in [6, 6.07) is 9.35. The highest BCUT2D eigenvalue weighted by Crippen LogP contribution is 2.34. The minimum Gasteiger partial charge on any atom is -0.472 e. The molecule has 2 aromatic heterocycles. The van der Waals surface area contributed by atoms with Gasteiger partial charge in [0.15, 0.2) is 0 Å². The van der Waals surface area contributed by atoms with Crippen molar-refractivity contribution in [3.63, 3.8) is 0 Å². The number of nitrogens with one attached hydrogen (secondary N) is 2. The smallest absolute Gasteiger partial charge is 0.418 e. The van der Waals surface area contributed by atoms with Gasteiger partial charge in [-0.25, -0.2) is 4.79 Å². The maximum Gasteiger partial charge on any atom is 0.418 e. The molecule has 0 aliphatic rings. The molecule has 0 aliphatic heterocycles. The average molecular weight is 361 g/mol. The summed E-state index contributed by atoms with van der Waals surface area (Å²) in [6.45, 7) is 0.124. The Balaban J connectivity index is 1.60. The fraction of sp³-hybridized carbons (Fsp3) is 0.111. The molecule has 0 spiro atoms. The van der Waals surface area contributed by atoms with E-state index < -0.39 is 17.8 Å². The Kier molecular flexibility index (Phi) is 4.92. The molecule has 0 saturated carbocycles. The van der Waals surface area contributed by atoms with E-state index in [4.69, 9.17) is 4.42 Å². The number of anilines is 1. The van der Waals surface area contributed by atoms with E-state index in [0.29, 0.717) is 11.3 Å². The van der Waals surface area contributed by atoms with Gasteiger partial charge < -0.3 is 15.1 Å². The van der Waals surface area contributed by atoms with Crippen molar-refractivity contribution in [1.82, 2.24) is 10.3 Å². The molecule has 0 bridgehead atoms. The Morgan fingerprint density at radius 1 is 1.12 bits per heavy atom. The van der Waals surface area contributed by atoms with Crippen LogP contribution in [0.2, 0.25) is 0 Å². The summed E-state index contributed by atoms with van der Waals surface area (Å²) < 4.78 is 43.7.